The van der Waals surface area contributed by atoms with Crippen LogP contribution in [-0.4, -0.2) is 36.3 Å². The average Bonchev–Trinajstić information content (AvgIpc) is 2.59. The number of aromatic nitrogens is 2. The standard InChI is InChI=1S/C19H28N4O2/c1-4-8-23(9-5-2)16-12-17(20)22-19(13-16)25-11-10-24-18-7-6-15(3)14-21-18/h6-7,12-14H,4-5,8-11H2,1-3H3,(H2,20,22). The monoisotopic (exact) mass is 344 g/mol. The molecule has 0 saturated heterocycles. The number of aryl methyl sites for hydroxylation is 1. The maximum absolute atomic E-state index is 5.94. The van der Waals surface area contributed by atoms with Gasteiger partial charge >= 0.3 is 0 Å². The van der Waals surface area contributed by atoms with Crippen molar-refractivity contribution in [2.75, 3.05) is 36.9 Å². The molecule has 0 atom stereocenters. The zero-order chi connectivity index (χ0) is 18.1. The predicted molar refractivity (Wildman–Crippen MR) is 101 cm³/mol. The number of nitrogen functional groups attached to an aromatic ring is 1. The van der Waals surface area contributed by atoms with E-state index in [2.05, 4.69) is 28.7 Å². The van der Waals surface area contributed by atoms with E-state index in [1.165, 1.54) is 0 Å². The average molecular weight is 344 g/mol. The van der Waals surface area contributed by atoms with Crippen molar-refractivity contribution in [3.8, 4) is 11.8 Å². The Kier molecular flexibility index (Phi) is 7.32. The Bertz CT molecular complexity index is 640. The van der Waals surface area contributed by atoms with Crippen molar-refractivity contribution >= 4 is 11.5 Å². The van der Waals surface area contributed by atoms with E-state index in [-0.39, 0.29) is 0 Å². The molecule has 136 valence electrons. The lowest BCUT2D eigenvalue weighted by molar-refractivity contribution is 0.207. The number of ether oxygens (including phenoxy) is 2. The molecule has 0 aromatic carbocycles. The van der Waals surface area contributed by atoms with Crippen LogP contribution in [0.25, 0.3) is 0 Å². The second-order valence-corrected chi connectivity index (χ2v) is 5.95. The van der Waals surface area contributed by atoms with Crippen LogP contribution in [0, 0.1) is 6.92 Å². The number of pyridine rings is 2. The van der Waals surface area contributed by atoms with E-state index in [1.807, 2.05) is 31.2 Å². The Morgan fingerprint density at radius 1 is 1.00 bits per heavy atom. The molecule has 0 radical (unpaired) electrons. The van der Waals surface area contributed by atoms with E-state index in [9.17, 15) is 0 Å². The highest BCUT2D eigenvalue weighted by molar-refractivity contribution is 5.55. The lowest BCUT2D eigenvalue weighted by atomic mass is 10.3. The topological polar surface area (TPSA) is 73.5 Å². The molecule has 6 nitrogen and oxygen atoms in total. The van der Waals surface area contributed by atoms with E-state index in [1.54, 1.807) is 6.20 Å². The van der Waals surface area contributed by atoms with E-state index in [0.29, 0.717) is 30.8 Å². The minimum atomic E-state index is 0.382. The summed E-state index contributed by atoms with van der Waals surface area (Å²) < 4.78 is 11.3. The first-order chi connectivity index (χ1) is 12.1. The molecule has 0 unspecified atom stereocenters. The van der Waals surface area contributed by atoms with Gasteiger partial charge in [-0.25, -0.2) is 4.98 Å². The van der Waals surface area contributed by atoms with Gasteiger partial charge in [0.05, 0.1) is 0 Å². The van der Waals surface area contributed by atoms with Gasteiger partial charge < -0.3 is 20.1 Å². The minimum absolute atomic E-state index is 0.382. The number of rotatable bonds is 10. The van der Waals surface area contributed by atoms with Crippen LogP contribution in [0.3, 0.4) is 0 Å². The van der Waals surface area contributed by atoms with Crippen LogP contribution in [-0.2, 0) is 0 Å². The summed E-state index contributed by atoms with van der Waals surface area (Å²) in [6.45, 7) is 9.08. The van der Waals surface area contributed by atoms with Crippen molar-refractivity contribution in [3.05, 3.63) is 36.0 Å². The molecule has 25 heavy (non-hydrogen) atoms. The van der Waals surface area contributed by atoms with Crippen LogP contribution >= 0.6 is 0 Å². The van der Waals surface area contributed by atoms with Gasteiger partial charge in [-0.15, -0.1) is 0 Å². The molecule has 2 rings (SSSR count). The number of anilines is 2. The molecular weight excluding hydrogens is 316 g/mol. The predicted octanol–water partition coefficient (Wildman–Crippen LogP) is 3.45. The smallest absolute Gasteiger partial charge is 0.217 e. The van der Waals surface area contributed by atoms with Crippen molar-refractivity contribution in [1.29, 1.82) is 0 Å². The van der Waals surface area contributed by atoms with Gasteiger partial charge in [0.1, 0.15) is 19.0 Å². The molecule has 0 aliphatic carbocycles. The Morgan fingerprint density at radius 2 is 1.68 bits per heavy atom. The molecule has 0 amide bonds. The Morgan fingerprint density at radius 3 is 2.28 bits per heavy atom. The molecule has 0 aliphatic rings. The fourth-order valence-electron chi connectivity index (χ4n) is 2.51. The largest absolute Gasteiger partial charge is 0.474 e. The summed E-state index contributed by atoms with van der Waals surface area (Å²) in [4.78, 5) is 10.7. The lowest BCUT2D eigenvalue weighted by Crippen LogP contribution is -2.25. The zero-order valence-electron chi connectivity index (χ0n) is 15.4. The first kappa shape index (κ1) is 18.8. The third-order valence-corrected chi connectivity index (χ3v) is 3.63. The molecule has 0 bridgehead atoms. The number of hydrogen-bond acceptors (Lipinski definition) is 6. The van der Waals surface area contributed by atoms with Crippen molar-refractivity contribution < 1.29 is 9.47 Å². The van der Waals surface area contributed by atoms with Crippen molar-refractivity contribution in [1.82, 2.24) is 9.97 Å². The van der Waals surface area contributed by atoms with Crippen LogP contribution < -0.4 is 20.1 Å². The summed E-state index contributed by atoms with van der Waals surface area (Å²) in [5.41, 5.74) is 8.09. The van der Waals surface area contributed by atoms with Gasteiger partial charge in [0.2, 0.25) is 11.8 Å². The SMILES string of the molecule is CCCN(CCC)c1cc(N)nc(OCCOc2ccc(C)cn2)c1. The first-order valence-electron chi connectivity index (χ1n) is 8.83. The Balaban J connectivity index is 1.91. The maximum Gasteiger partial charge on any atom is 0.217 e. The number of nitrogens with two attached hydrogens (primary N) is 1. The van der Waals surface area contributed by atoms with Crippen LogP contribution in [0.1, 0.15) is 32.3 Å². The molecule has 2 heterocycles. The molecule has 2 aromatic rings. The second-order valence-electron chi connectivity index (χ2n) is 5.95. The van der Waals surface area contributed by atoms with Gasteiger partial charge in [-0.1, -0.05) is 19.9 Å². The summed E-state index contributed by atoms with van der Waals surface area (Å²) >= 11 is 0. The highest BCUT2D eigenvalue weighted by Crippen LogP contribution is 2.23. The second kappa shape index (κ2) is 9.71. The zero-order valence-corrected chi connectivity index (χ0v) is 15.4. The number of hydrogen-bond donors (Lipinski definition) is 1. The summed E-state index contributed by atoms with van der Waals surface area (Å²) in [5.74, 6) is 1.57. The quantitative estimate of drug-likeness (QED) is 0.666. The van der Waals surface area contributed by atoms with Crippen molar-refractivity contribution in [2.45, 2.75) is 33.6 Å². The van der Waals surface area contributed by atoms with Crippen molar-refractivity contribution in [3.63, 3.8) is 0 Å². The van der Waals surface area contributed by atoms with Crippen LogP contribution in [0.15, 0.2) is 30.5 Å². The molecule has 6 heteroatoms. The molecular formula is C19H28N4O2. The summed E-state index contributed by atoms with van der Waals surface area (Å²) in [5, 5.41) is 0. The van der Waals surface area contributed by atoms with Gasteiger partial charge in [-0.3, -0.25) is 0 Å². The van der Waals surface area contributed by atoms with E-state index in [0.717, 1.165) is 37.2 Å². The lowest BCUT2D eigenvalue weighted by Gasteiger charge is -2.24. The number of nitrogens with zero attached hydrogens (tertiary/aromatic N) is 3. The third kappa shape index (κ3) is 6.14. The maximum atomic E-state index is 5.94. The molecule has 0 aliphatic heterocycles. The van der Waals surface area contributed by atoms with Crippen LogP contribution in [0.2, 0.25) is 0 Å². The Hall–Kier alpha value is -2.50. The highest BCUT2D eigenvalue weighted by Gasteiger charge is 2.09. The van der Waals surface area contributed by atoms with E-state index in [4.69, 9.17) is 15.2 Å². The minimum Gasteiger partial charge on any atom is -0.474 e. The van der Waals surface area contributed by atoms with Gasteiger partial charge in [0.25, 0.3) is 0 Å². The molecule has 2 aromatic heterocycles. The van der Waals surface area contributed by atoms with Gasteiger partial charge in [0, 0.05) is 43.2 Å². The Labute approximate surface area is 150 Å². The molecule has 0 saturated carbocycles. The van der Waals surface area contributed by atoms with E-state index >= 15 is 0 Å². The van der Waals surface area contributed by atoms with Gasteiger partial charge in [-0.05, 0) is 25.3 Å². The van der Waals surface area contributed by atoms with Crippen LogP contribution in [0.4, 0.5) is 11.5 Å². The van der Waals surface area contributed by atoms with Gasteiger partial charge in [0.15, 0.2) is 0 Å². The highest BCUT2D eigenvalue weighted by atomic mass is 16.5. The molecule has 2 N–H and O–H groups in total. The van der Waals surface area contributed by atoms with Crippen molar-refractivity contribution in [2.24, 2.45) is 0 Å². The fourth-order valence-corrected chi connectivity index (χ4v) is 2.51. The third-order valence-electron chi connectivity index (χ3n) is 3.63. The van der Waals surface area contributed by atoms with E-state index < -0.39 is 0 Å². The first-order valence-corrected chi connectivity index (χ1v) is 8.83. The summed E-state index contributed by atoms with van der Waals surface area (Å²) in [6.07, 6.45) is 3.93. The fraction of sp³-hybridized carbons (Fsp3) is 0.474. The normalized spacial score (nSPS) is 10.5. The summed E-state index contributed by atoms with van der Waals surface area (Å²) in [6, 6.07) is 7.64. The summed E-state index contributed by atoms with van der Waals surface area (Å²) in [7, 11) is 0. The van der Waals surface area contributed by atoms with Crippen LogP contribution in [0.5, 0.6) is 11.8 Å². The van der Waals surface area contributed by atoms with Gasteiger partial charge in [-0.2, -0.15) is 4.98 Å². The molecule has 0 fully saturated rings. The molecule has 0 spiro atoms.